The van der Waals surface area contributed by atoms with Gasteiger partial charge in [-0.2, -0.15) is 0 Å². The summed E-state index contributed by atoms with van der Waals surface area (Å²) in [5.74, 6) is 0. The molecular formula is C10H21NO2. The summed E-state index contributed by atoms with van der Waals surface area (Å²) in [6.45, 7) is 8.45. The summed E-state index contributed by atoms with van der Waals surface area (Å²) in [6, 6.07) is 0. The van der Waals surface area contributed by atoms with E-state index in [-0.39, 0.29) is 5.60 Å². The van der Waals surface area contributed by atoms with Gasteiger partial charge >= 0.3 is 0 Å². The Morgan fingerprint density at radius 2 is 2.08 bits per heavy atom. The van der Waals surface area contributed by atoms with Crippen LogP contribution >= 0.6 is 0 Å². The minimum Gasteiger partial charge on any atom is -0.387 e. The van der Waals surface area contributed by atoms with Gasteiger partial charge < -0.3 is 9.84 Å². The highest BCUT2D eigenvalue weighted by atomic mass is 16.5. The fourth-order valence-corrected chi connectivity index (χ4v) is 1.70. The molecule has 0 amide bonds. The molecule has 3 heteroatoms. The maximum absolute atomic E-state index is 9.72. The second kappa shape index (κ2) is 4.94. The first kappa shape index (κ1) is 11.0. The number of rotatable bonds is 6. The van der Waals surface area contributed by atoms with Crippen LogP contribution in [0.3, 0.4) is 0 Å². The van der Waals surface area contributed by atoms with Gasteiger partial charge in [-0.15, -0.1) is 0 Å². The van der Waals surface area contributed by atoms with Crippen LogP contribution in [0.5, 0.6) is 0 Å². The minimum atomic E-state index is -0.383. The number of β-amino-alcohol motifs (C(OH)–C–C–N with tert-alkyl or cyclic N) is 1. The summed E-state index contributed by atoms with van der Waals surface area (Å²) >= 11 is 0. The first-order valence-corrected chi connectivity index (χ1v) is 5.22. The Kier molecular flexibility index (Phi) is 4.16. The van der Waals surface area contributed by atoms with E-state index < -0.39 is 0 Å². The summed E-state index contributed by atoms with van der Waals surface area (Å²) in [6.07, 6.45) is 1.95. The zero-order valence-corrected chi connectivity index (χ0v) is 8.75. The van der Waals surface area contributed by atoms with Crippen molar-refractivity contribution in [3.05, 3.63) is 0 Å². The zero-order chi connectivity index (χ0) is 9.73. The Balaban J connectivity index is 1.96. The van der Waals surface area contributed by atoms with Crippen LogP contribution in [0, 0.1) is 0 Å². The Morgan fingerprint density at radius 3 is 2.62 bits per heavy atom. The molecule has 1 rings (SSSR count). The van der Waals surface area contributed by atoms with Crippen LogP contribution in [0.2, 0.25) is 0 Å². The summed E-state index contributed by atoms with van der Waals surface area (Å²) < 4.78 is 5.24. The first-order valence-electron chi connectivity index (χ1n) is 5.22. The van der Waals surface area contributed by atoms with Crippen molar-refractivity contribution in [3.8, 4) is 0 Å². The second-order valence-corrected chi connectivity index (χ2v) is 3.84. The largest absolute Gasteiger partial charge is 0.387 e. The molecule has 3 nitrogen and oxygen atoms in total. The molecule has 1 aliphatic rings. The van der Waals surface area contributed by atoms with Crippen LogP contribution in [-0.4, -0.2) is 48.5 Å². The molecule has 0 atom stereocenters. The van der Waals surface area contributed by atoms with Crippen LogP contribution in [0.15, 0.2) is 0 Å². The standard InChI is InChI=1S/C10H21NO2/c1-3-10(12)8-11(9-10)6-5-7-13-4-2/h12H,3-9H2,1-2H3. The molecule has 1 heterocycles. The van der Waals surface area contributed by atoms with Crippen molar-refractivity contribution in [1.82, 2.24) is 4.90 Å². The summed E-state index contributed by atoms with van der Waals surface area (Å²) in [4.78, 5) is 2.28. The van der Waals surface area contributed by atoms with Gasteiger partial charge in [0.2, 0.25) is 0 Å². The van der Waals surface area contributed by atoms with Crippen molar-refractivity contribution in [2.24, 2.45) is 0 Å². The smallest absolute Gasteiger partial charge is 0.0897 e. The number of ether oxygens (including phenoxy) is 1. The average molecular weight is 187 g/mol. The van der Waals surface area contributed by atoms with Crippen molar-refractivity contribution in [3.63, 3.8) is 0 Å². The van der Waals surface area contributed by atoms with Gasteiger partial charge in [0, 0.05) is 32.8 Å². The minimum absolute atomic E-state index is 0.383. The third kappa shape index (κ3) is 3.25. The molecule has 0 aromatic rings. The SMILES string of the molecule is CCOCCCN1CC(O)(CC)C1. The predicted octanol–water partition coefficient (Wildman–Crippen LogP) is 0.870. The van der Waals surface area contributed by atoms with Gasteiger partial charge in [0.15, 0.2) is 0 Å². The van der Waals surface area contributed by atoms with Gasteiger partial charge in [-0.05, 0) is 19.8 Å². The van der Waals surface area contributed by atoms with E-state index in [1.165, 1.54) is 0 Å². The average Bonchev–Trinajstić information content (AvgIpc) is 2.08. The molecule has 1 fully saturated rings. The Labute approximate surface area is 80.7 Å². The molecule has 0 radical (unpaired) electrons. The summed E-state index contributed by atoms with van der Waals surface area (Å²) in [5.41, 5.74) is -0.383. The molecular weight excluding hydrogens is 166 g/mol. The second-order valence-electron chi connectivity index (χ2n) is 3.84. The van der Waals surface area contributed by atoms with E-state index in [0.717, 1.165) is 45.7 Å². The maximum Gasteiger partial charge on any atom is 0.0897 e. The van der Waals surface area contributed by atoms with Crippen molar-refractivity contribution < 1.29 is 9.84 Å². The fourth-order valence-electron chi connectivity index (χ4n) is 1.70. The highest BCUT2D eigenvalue weighted by Crippen LogP contribution is 2.23. The number of hydrogen-bond acceptors (Lipinski definition) is 3. The van der Waals surface area contributed by atoms with Gasteiger partial charge in [0.1, 0.15) is 0 Å². The number of aliphatic hydroxyl groups is 1. The van der Waals surface area contributed by atoms with Crippen LogP contribution in [0.1, 0.15) is 26.7 Å². The molecule has 1 aliphatic heterocycles. The van der Waals surface area contributed by atoms with E-state index in [1.807, 2.05) is 13.8 Å². The molecule has 1 saturated heterocycles. The first-order chi connectivity index (χ1) is 6.20. The summed E-state index contributed by atoms with van der Waals surface area (Å²) in [7, 11) is 0. The molecule has 0 aromatic heterocycles. The van der Waals surface area contributed by atoms with Crippen molar-refractivity contribution in [2.75, 3.05) is 32.8 Å². The van der Waals surface area contributed by atoms with E-state index in [1.54, 1.807) is 0 Å². The Hall–Kier alpha value is -0.120. The lowest BCUT2D eigenvalue weighted by Gasteiger charge is -2.46. The van der Waals surface area contributed by atoms with E-state index in [4.69, 9.17) is 4.74 Å². The van der Waals surface area contributed by atoms with Gasteiger partial charge in [-0.25, -0.2) is 0 Å². The molecule has 0 unspecified atom stereocenters. The lowest BCUT2D eigenvalue weighted by molar-refractivity contribution is -0.101. The molecule has 1 N–H and O–H groups in total. The molecule has 0 aliphatic carbocycles. The third-order valence-corrected chi connectivity index (χ3v) is 2.66. The van der Waals surface area contributed by atoms with E-state index >= 15 is 0 Å². The number of hydrogen-bond donors (Lipinski definition) is 1. The van der Waals surface area contributed by atoms with Crippen molar-refractivity contribution >= 4 is 0 Å². The monoisotopic (exact) mass is 187 g/mol. The Morgan fingerprint density at radius 1 is 1.38 bits per heavy atom. The van der Waals surface area contributed by atoms with E-state index in [2.05, 4.69) is 4.90 Å². The quantitative estimate of drug-likeness (QED) is 0.626. The van der Waals surface area contributed by atoms with Crippen LogP contribution in [-0.2, 0) is 4.74 Å². The zero-order valence-electron chi connectivity index (χ0n) is 8.75. The highest BCUT2D eigenvalue weighted by Gasteiger charge is 2.38. The number of likely N-dealkylation sites (tertiary alicyclic amines) is 1. The van der Waals surface area contributed by atoms with Gasteiger partial charge in [-0.1, -0.05) is 6.92 Å². The maximum atomic E-state index is 9.72. The topological polar surface area (TPSA) is 32.7 Å². The molecule has 0 saturated carbocycles. The van der Waals surface area contributed by atoms with Crippen LogP contribution in [0.4, 0.5) is 0 Å². The molecule has 0 aromatic carbocycles. The third-order valence-electron chi connectivity index (χ3n) is 2.66. The van der Waals surface area contributed by atoms with Crippen LogP contribution in [0.25, 0.3) is 0 Å². The van der Waals surface area contributed by atoms with E-state index in [9.17, 15) is 5.11 Å². The summed E-state index contributed by atoms with van der Waals surface area (Å²) in [5, 5.41) is 9.72. The molecule has 0 bridgehead atoms. The van der Waals surface area contributed by atoms with Crippen LogP contribution < -0.4 is 0 Å². The lowest BCUT2D eigenvalue weighted by atomic mass is 9.91. The Bertz CT molecular complexity index is 144. The van der Waals surface area contributed by atoms with Crippen molar-refractivity contribution in [2.45, 2.75) is 32.3 Å². The molecule has 0 spiro atoms. The van der Waals surface area contributed by atoms with Gasteiger partial charge in [-0.3, -0.25) is 4.90 Å². The fraction of sp³-hybridized carbons (Fsp3) is 1.00. The lowest BCUT2D eigenvalue weighted by Crippen LogP contribution is -2.61. The number of nitrogens with zero attached hydrogens (tertiary/aromatic N) is 1. The van der Waals surface area contributed by atoms with E-state index in [0.29, 0.717) is 0 Å². The molecule has 78 valence electrons. The molecule has 13 heavy (non-hydrogen) atoms. The highest BCUT2D eigenvalue weighted by molar-refractivity contribution is 4.93. The van der Waals surface area contributed by atoms with Crippen molar-refractivity contribution in [1.29, 1.82) is 0 Å². The van der Waals surface area contributed by atoms with Gasteiger partial charge in [0.05, 0.1) is 5.60 Å². The predicted molar refractivity (Wildman–Crippen MR) is 52.8 cm³/mol. The van der Waals surface area contributed by atoms with Gasteiger partial charge in [0.25, 0.3) is 0 Å². The normalized spacial score (nSPS) is 21.5.